The van der Waals surface area contributed by atoms with E-state index in [-0.39, 0.29) is 22.4 Å². The summed E-state index contributed by atoms with van der Waals surface area (Å²) in [6.07, 6.45) is 0. The lowest BCUT2D eigenvalue weighted by molar-refractivity contribution is 0.00578. The summed E-state index contributed by atoms with van der Waals surface area (Å²) < 4.78 is 26.4. The molecule has 2 saturated heterocycles. The van der Waals surface area contributed by atoms with Crippen LogP contribution in [0.25, 0.3) is 43.8 Å². The molecule has 0 radical (unpaired) electrons. The molecule has 0 unspecified atom stereocenters. The van der Waals surface area contributed by atoms with Crippen LogP contribution in [0.5, 0.6) is 0 Å². The van der Waals surface area contributed by atoms with Gasteiger partial charge in [0.1, 0.15) is 0 Å². The molecule has 7 heteroatoms. The Kier molecular flexibility index (Phi) is 7.20. The van der Waals surface area contributed by atoms with Crippen molar-refractivity contribution in [3.8, 4) is 22.3 Å². The zero-order chi connectivity index (χ0) is 31.9. The van der Waals surface area contributed by atoms with Crippen LogP contribution >= 0.6 is 15.9 Å². The van der Waals surface area contributed by atoms with Gasteiger partial charge >= 0.3 is 14.2 Å². The van der Waals surface area contributed by atoms with Crippen molar-refractivity contribution in [2.24, 2.45) is 0 Å². The smallest absolute Gasteiger partial charge is 0.399 e. The molecular weight excluding hydrogens is 622 g/mol. The molecule has 2 aliphatic heterocycles. The van der Waals surface area contributed by atoms with E-state index in [1.165, 1.54) is 32.7 Å². The Morgan fingerprint density at radius 1 is 0.444 bits per heavy atom. The largest absolute Gasteiger partial charge is 0.494 e. The van der Waals surface area contributed by atoms with E-state index in [9.17, 15) is 0 Å². The highest BCUT2D eigenvalue weighted by Crippen LogP contribution is 2.45. The molecule has 0 aliphatic carbocycles. The number of fused-ring (bicyclic) bond motifs is 2. The first-order valence-corrected chi connectivity index (χ1v) is 16.5. The molecule has 4 nitrogen and oxygen atoms in total. The fourth-order valence-corrected chi connectivity index (χ4v) is 6.71. The topological polar surface area (TPSA) is 36.9 Å². The van der Waals surface area contributed by atoms with Gasteiger partial charge in [-0.15, -0.1) is 0 Å². The first kappa shape index (κ1) is 30.7. The third kappa shape index (κ3) is 5.08. The van der Waals surface area contributed by atoms with Crippen molar-refractivity contribution >= 4 is 62.6 Å². The number of halogens is 1. The zero-order valence-electron chi connectivity index (χ0n) is 27.3. The fraction of sp³-hybridized carbons (Fsp3) is 0.316. The van der Waals surface area contributed by atoms with Crippen molar-refractivity contribution in [3.05, 3.63) is 95.5 Å². The highest BCUT2D eigenvalue weighted by atomic mass is 79.9. The Morgan fingerprint density at radius 2 is 0.800 bits per heavy atom. The zero-order valence-corrected chi connectivity index (χ0v) is 28.9. The number of rotatable bonds is 4. The summed E-state index contributed by atoms with van der Waals surface area (Å²) in [4.78, 5) is 0. The predicted molar refractivity (Wildman–Crippen MR) is 191 cm³/mol. The van der Waals surface area contributed by atoms with Crippen LogP contribution in [0.2, 0.25) is 0 Å². The van der Waals surface area contributed by atoms with E-state index in [1.54, 1.807) is 0 Å². The summed E-state index contributed by atoms with van der Waals surface area (Å²) in [7, 11) is -0.787. The second kappa shape index (κ2) is 10.5. The molecule has 0 bridgehead atoms. The van der Waals surface area contributed by atoms with Gasteiger partial charge in [0.2, 0.25) is 0 Å². The number of hydrogen-bond acceptors (Lipinski definition) is 4. The van der Waals surface area contributed by atoms with Gasteiger partial charge in [-0.05, 0) is 122 Å². The van der Waals surface area contributed by atoms with Crippen molar-refractivity contribution in [2.75, 3.05) is 0 Å². The molecule has 5 aromatic carbocycles. The van der Waals surface area contributed by atoms with Gasteiger partial charge in [-0.3, -0.25) is 0 Å². The van der Waals surface area contributed by atoms with Gasteiger partial charge in [-0.25, -0.2) is 0 Å². The predicted octanol–water partition coefficient (Wildman–Crippen LogP) is 8.69. The Bertz CT molecular complexity index is 1900. The molecular formula is C38H39B2BrO4. The van der Waals surface area contributed by atoms with Crippen LogP contribution in [0.1, 0.15) is 55.4 Å². The molecule has 45 heavy (non-hydrogen) atoms. The molecule has 0 N–H and O–H groups in total. The van der Waals surface area contributed by atoms with Gasteiger partial charge in [-0.2, -0.15) is 0 Å². The summed E-state index contributed by atoms with van der Waals surface area (Å²) in [6.45, 7) is 16.7. The second-order valence-corrected chi connectivity index (χ2v) is 15.3. The normalized spacial score (nSPS) is 19.9. The molecule has 228 valence electrons. The van der Waals surface area contributed by atoms with Gasteiger partial charge in [0.15, 0.2) is 0 Å². The molecule has 0 atom stereocenters. The van der Waals surface area contributed by atoms with Crippen molar-refractivity contribution < 1.29 is 18.6 Å². The number of benzene rings is 5. The average Bonchev–Trinajstić information content (AvgIpc) is 3.35. The molecule has 2 heterocycles. The average molecular weight is 661 g/mol. The standard InChI is InChI=1S/C38H39B2BrO4/c1-35(2)36(3,4)43-39(42-35)26-17-13-24(14-18-26)33-29-11-9-10-12-30(29)34(32-23-28(41)21-22-31(32)33)25-15-19-27(20-16-25)40-44-37(5,6)38(7,8)45-40/h9-23H,1-8H3. The first-order valence-electron chi connectivity index (χ1n) is 15.7. The SMILES string of the molecule is CC1(C)OB(c2ccc(-c3c4ccccc4c(-c4ccc(B5OC(C)(C)C(C)(C)O5)cc4)c4cc(Br)ccc34)cc2)OC1(C)C. The maximum atomic E-state index is 6.33. The lowest BCUT2D eigenvalue weighted by Gasteiger charge is -2.32. The Morgan fingerprint density at radius 3 is 1.20 bits per heavy atom. The van der Waals surface area contributed by atoms with Crippen molar-refractivity contribution in [1.82, 2.24) is 0 Å². The molecule has 2 aliphatic rings. The lowest BCUT2D eigenvalue weighted by Crippen LogP contribution is -2.41. The first-order chi connectivity index (χ1) is 21.2. The quantitative estimate of drug-likeness (QED) is 0.143. The van der Waals surface area contributed by atoms with E-state index >= 15 is 0 Å². The van der Waals surface area contributed by atoms with Gasteiger partial charge in [0, 0.05) is 4.47 Å². The molecule has 0 amide bonds. The Labute approximate surface area is 275 Å². The third-order valence-corrected chi connectivity index (χ3v) is 10.9. The molecule has 0 saturated carbocycles. The maximum Gasteiger partial charge on any atom is 0.494 e. The van der Waals surface area contributed by atoms with E-state index in [4.69, 9.17) is 18.6 Å². The minimum atomic E-state index is -0.394. The molecule has 2 fully saturated rings. The molecule has 0 aromatic heterocycles. The van der Waals surface area contributed by atoms with Crippen LogP contribution in [-0.4, -0.2) is 36.6 Å². The summed E-state index contributed by atoms with van der Waals surface area (Å²) in [5.74, 6) is 0. The summed E-state index contributed by atoms with van der Waals surface area (Å²) in [6, 6.07) is 32.6. The van der Waals surface area contributed by atoms with Gasteiger partial charge in [-0.1, -0.05) is 94.8 Å². The van der Waals surface area contributed by atoms with Gasteiger partial charge in [0.25, 0.3) is 0 Å². The molecule has 5 aromatic rings. The summed E-state index contributed by atoms with van der Waals surface area (Å²) in [5.41, 5.74) is 5.24. The van der Waals surface area contributed by atoms with E-state index in [1.807, 2.05) is 0 Å². The summed E-state index contributed by atoms with van der Waals surface area (Å²) >= 11 is 3.77. The Balaban J connectivity index is 1.33. The van der Waals surface area contributed by atoms with E-state index in [0.29, 0.717) is 0 Å². The maximum absolute atomic E-state index is 6.33. The van der Waals surface area contributed by atoms with Crippen LogP contribution < -0.4 is 10.9 Å². The van der Waals surface area contributed by atoms with Crippen LogP contribution in [0.15, 0.2) is 95.5 Å². The minimum absolute atomic E-state index is 0.380. The Hall–Kier alpha value is -2.93. The van der Waals surface area contributed by atoms with Gasteiger partial charge < -0.3 is 18.6 Å². The van der Waals surface area contributed by atoms with Crippen LogP contribution in [-0.2, 0) is 18.6 Å². The van der Waals surface area contributed by atoms with E-state index in [2.05, 4.69) is 162 Å². The monoisotopic (exact) mass is 660 g/mol. The third-order valence-electron chi connectivity index (χ3n) is 10.4. The summed E-state index contributed by atoms with van der Waals surface area (Å²) in [5, 5.41) is 4.80. The van der Waals surface area contributed by atoms with Crippen molar-refractivity contribution in [1.29, 1.82) is 0 Å². The van der Waals surface area contributed by atoms with E-state index < -0.39 is 14.2 Å². The van der Waals surface area contributed by atoms with Crippen LogP contribution in [0.4, 0.5) is 0 Å². The molecule has 0 spiro atoms. The highest BCUT2D eigenvalue weighted by Gasteiger charge is 2.52. The number of hydrogen-bond donors (Lipinski definition) is 0. The fourth-order valence-electron chi connectivity index (χ4n) is 6.34. The van der Waals surface area contributed by atoms with Gasteiger partial charge in [0.05, 0.1) is 22.4 Å². The van der Waals surface area contributed by atoms with Crippen molar-refractivity contribution in [3.63, 3.8) is 0 Å². The van der Waals surface area contributed by atoms with E-state index in [0.717, 1.165) is 26.5 Å². The highest BCUT2D eigenvalue weighted by molar-refractivity contribution is 9.10. The van der Waals surface area contributed by atoms with Crippen LogP contribution in [0, 0.1) is 0 Å². The molecule has 7 rings (SSSR count). The van der Waals surface area contributed by atoms with Crippen LogP contribution in [0.3, 0.4) is 0 Å². The minimum Gasteiger partial charge on any atom is -0.399 e. The lowest BCUT2D eigenvalue weighted by atomic mass is 9.77. The van der Waals surface area contributed by atoms with Crippen molar-refractivity contribution in [2.45, 2.75) is 77.8 Å². The second-order valence-electron chi connectivity index (χ2n) is 14.4.